The first kappa shape index (κ1) is 21.9. The van der Waals surface area contributed by atoms with Gasteiger partial charge in [0.1, 0.15) is 12.4 Å². The predicted molar refractivity (Wildman–Crippen MR) is 132 cm³/mol. The molecule has 0 aromatic heterocycles. The third-order valence-corrected chi connectivity index (χ3v) is 6.26. The smallest absolute Gasteiger partial charge is 0.282 e. The monoisotopic (exact) mass is 474 g/mol. The second kappa shape index (κ2) is 8.43. The number of carbonyl (C=O) groups is 1. The van der Waals surface area contributed by atoms with E-state index in [1.54, 1.807) is 40.8 Å². The minimum Gasteiger partial charge on any atom is -0.314 e. The van der Waals surface area contributed by atoms with Crippen LogP contribution in [0.5, 0.6) is 0 Å². The van der Waals surface area contributed by atoms with Crippen LogP contribution in [0.1, 0.15) is 5.56 Å². The number of fused-ring (bicyclic) bond motifs is 2. The minimum absolute atomic E-state index is 0.0315. The topological polar surface area (TPSA) is 60.1 Å². The highest BCUT2D eigenvalue weighted by Crippen LogP contribution is 2.31. The Morgan fingerprint density at radius 1 is 1.03 bits per heavy atom. The molecule has 6 nitrogen and oxygen atoms in total. The van der Waals surface area contributed by atoms with E-state index in [9.17, 15) is 14.0 Å². The van der Waals surface area contributed by atoms with Crippen LogP contribution in [0.25, 0.3) is 28.0 Å². The zero-order valence-corrected chi connectivity index (χ0v) is 19.3. The number of hydrogen-bond donors (Lipinski definition) is 0. The van der Waals surface area contributed by atoms with E-state index < -0.39 is 5.82 Å². The molecule has 0 saturated heterocycles. The number of para-hydroxylation sites is 1. The van der Waals surface area contributed by atoms with Crippen molar-refractivity contribution in [2.75, 3.05) is 11.9 Å². The van der Waals surface area contributed by atoms with Gasteiger partial charge in [-0.3, -0.25) is 9.59 Å². The first-order valence-corrected chi connectivity index (χ1v) is 11.0. The maximum atomic E-state index is 13.4. The molecule has 0 spiro atoms. The van der Waals surface area contributed by atoms with Gasteiger partial charge in [-0.2, -0.15) is 4.68 Å². The Morgan fingerprint density at radius 3 is 2.41 bits per heavy atom. The quantitative estimate of drug-likeness (QED) is 0.366. The van der Waals surface area contributed by atoms with Crippen molar-refractivity contribution >= 4 is 34.1 Å². The fraction of sp³-hybridized carbons (Fsp3) is 0.115. The Morgan fingerprint density at radius 2 is 1.71 bits per heavy atom. The van der Waals surface area contributed by atoms with Crippen LogP contribution in [0, 0.1) is 12.7 Å². The molecular weight excluding hydrogens is 455 g/mol. The van der Waals surface area contributed by atoms with Crippen LogP contribution < -0.4 is 10.5 Å². The van der Waals surface area contributed by atoms with E-state index in [2.05, 4.69) is 5.10 Å². The van der Waals surface area contributed by atoms with Gasteiger partial charge in [-0.15, -0.1) is 5.10 Å². The highest BCUT2D eigenvalue weighted by Gasteiger charge is 2.26. The van der Waals surface area contributed by atoms with Crippen molar-refractivity contribution in [1.82, 2.24) is 14.3 Å². The van der Waals surface area contributed by atoms with Crippen molar-refractivity contribution < 1.29 is 9.18 Å². The maximum absolute atomic E-state index is 13.4. The minimum atomic E-state index is -0.402. The molecule has 0 saturated carbocycles. The Balaban J connectivity index is 1.68. The Bertz CT molecular complexity index is 1560. The van der Waals surface area contributed by atoms with Crippen LogP contribution in [-0.2, 0) is 11.3 Å². The lowest BCUT2D eigenvalue weighted by molar-refractivity contribution is -0.118. The third kappa shape index (κ3) is 3.64. The molecule has 0 atom stereocenters. The first-order valence-electron chi connectivity index (χ1n) is 10.6. The number of amides is 1. The van der Waals surface area contributed by atoms with Gasteiger partial charge in [0.05, 0.1) is 16.8 Å². The van der Waals surface area contributed by atoms with Crippen LogP contribution in [0.4, 0.5) is 10.1 Å². The molecule has 3 aromatic rings. The van der Waals surface area contributed by atoms with Gasteiger partial charge in [0.2, 0.25) is 5.91 Å². The lowest BCUT2D eigenvalue weighted by Crippen LogP contribution is -2.31. The lowest BCUT2D eigenvalue weighted by Gasteiger charge is -2.21. The van der Waals surface area contributed by atoms with Crippen LogP contribution in [-0.4, -0.2) is 27.3 Å². The van der Waals surface area contributed by atoms with E-state index in [0.717, 1.165) is 16.5 Å². The Kier molecular flexibility index (Phi) is 5.42. The number of likely N-dealkylation sites (N-methyl/N-ethyl adjacent to an activating group) is 1. The van der Waals surface area contributed by atoms with E-state index in [4.69, 9.17) is 11.6 Å². The van der Waals surface area contributed by atoms with Gasteiger partial charge in [0.25, 0.3) is 5.56 Å². The molecule has 5 rings (SSSR count). The average Bonchev–Trinajstić information content (AvgIpc) is 3.19. The Labute approximate surface area is 199 Å². The van der Waals surface area contributed by atoms with Gasteiger partial charge in [-0.1, -0.05) is 29.8 Å². The van der Waals surface area contributed by atoms with E-state index >= 15 is 0 Å². The molecule has 0 radical (unpaired) electrons. The zero-order chi connectivity index (χ0) is 24.0. The predicted octanol–water partition coefficient (Wildman–Crippen LogP) is 5.06. The molecule has 8 heteroatoms. The molecule has 0 bridgehead atoms. The number of rotatable bonds is 4. The van der Waals surface area contributed by atoms with E-state index in [1.807, 2.05) is 31.2 Å². The van der Waals surface area contributed by atoms with Crippen LogP contribution in [0.2, 0.25) is 5.02 Å². The lowest BCUT2D eigenvalue weighted by atomic mass is 10.0. The SMILES string of the molecule is Cc1c2c(=O)n(-c3ccc(F)cc3)nc-2n(CC(=O)N(C)c2ccc(Cl)cc2)c2ccccc12. The van der Waals surface area contributed by atoms with Gasteiger partial charge in [0, 0.05) is 23.1 Å². The number of nitrogens with zero attached hydrogens (tertiary/aromatic N) is 4. The van der Waals surface area contributed by atoms with Crippen LogP contribution in [0.15, 0.2) is 77.6 Å². The van der Waals surface area contributed by atoms with E-state index in [1.165, 1.54) is 28.9 Å². The van der Waals surface area contributed by atoms with Gasteiger partial charge >= 0.3 is 0 Å². The molecule has 34 heavy (non-hydrogen) atoms. The second-order valence-electron chi connectivity index (χ2n) is 8.05. The third-order valence-electron chi connectivity index (χ3n) is 6.01. The summed E-state index contributed by atoms with van der Waals surface area (Å²) in [5, 5.41) is 6.01. The van der Waals surface area contributed by atoms with Gasteiger partial charge in [0.15, 0.2) is 5.82 Å². The van der Waals surface area contributed by atoms with Crippen LogP contribution in [0.3, 0.4) is 0 Å². The maximum Gasteiger partial charge on any atom is 0.282 e. The van der Waals surface area contributed by atoms with Crippen molar-refractivity contribution in [2.24, 2.45) is 0 Å². The van der Waals surface area contributed by atoms with Gasteiger partial charge in [-0.05, 0) is 67.1 Å². The highest BCUT2D eigenvalue weighted by molar-refractivity contribution is 6.30. The number of halogens is 2. The summed E-state index contributed by atoms with van der Waals surface area (Å²) in [4.78, 5) is 28.2. The number of benzene rings is 3. The molecule has 1 amide bonds. The summed E-state index contributed by atoms with van der Waals surface area (Å²) in [6, 6.07) is 20.1. The fourth-order valence-corrected chi connectivity index (χ4v) is 4.28. The normalized spacial score (nSPS) is 11.3. The van der Waals surface area contributed by atoms with E-state index in [0.29, 0.717) is 27.8 Å². The standard InChI is InChI=1S/C26H20ClFN4O2/c1-16-21-5-3-4-6-22(21)31(15-23(33)30(2)19-11-7-17(27)8-12-19)25-24(16)26(34)32(29-25)20-13-9-18(28)10-14-20/h3-14H,15H2,1-2H3. The first-order chi connectivity index (χ1) is 16.3. The summed E-state index contributed by atoms with van der Waals surface area (Å²) in [6.07, 6.45) is 0. The summed E-state index contributed by atoms with van der Waals surface area (Å²) in [7, 11) is 1.69. The Hall–Kier alpha value is -3.97. The average molecular weight is 475 g/mol. The highest BCUT2D eigenvalue weighted by atomic mass is 35.5. The van der Waals surface area contributed by atoms with Gasteiger partial charge in [-0.25, -0.2) is 4.39 Å². The molecule has 0 aliphatic carbocycles. The van der Waals surface area contributed by atoms with Crippen molar-refractivity contribution in [3.63, 3.8) is 0 Å². The molecule has 2 aliphatic heterocycles. The van der Waals surface area contributed by atoms with Crippen molar-refractivity contribution in [3.05, 3.63) is 99.6 Å². The number of aromatic nitrogens is 3. The molecular formula is C26H20ClFN4O2. The number of pyridine rings is 1. The fourth-order valence-electron chi connectivity index (χ4n) is 4.15. The van der Waals surface area contributed by atoms with Gasteiger partial charge < -0.3 is 9.47 Å². The summed E-state index contributed by atoms with van der Waals surface area (Å²) in [5.41, 5.74) is 2.81. The number of carbonyl (C=O) groups excluding carboxylic acids is 1. The number of hydrogen-bond acceptors (Lipinski definition) is 3. The largest absolute Gasteiger partial charge is 0.314 e. The molecule has 2 aliphatic rings. The second-order valence-corrected chi connectivity index (χ2v) is 8.49. The van der Waals surface area contributed by atoms with Crippen molar-refractivity contribution in [2.45, 2.75) is 13.5 Å². The summed E-state index contributed by atoms with van der Waals surface area (Å²) in [5.74, 6) is -0.199. The molecule has 0 N–H and O–H groups in total. The molecule has 170 valence electrons. The molecule has 3 aromatic carbocycles. The van der Waals surface area contributed by atoms with E-state index in [-0.39, 0.29) is 18.0 Å². The number of aryl methyl sites for hydroxylation is 1. The summed E-state index contributed by atoms with van der Waals surface area (Å²) >= 11 is 5.98. The zero-order valence-electron chi connectivity index (χ0n) is 18.5. The van der Waals surface area contributed by atoms with Crippen molar-refractivity contribution in [1.29, 1.82) is 0 Å². The molecule has 2 heterocycles. The summed E-state index contributed by atoms with van der Waals surface area (Å²) < 4.78 is 16.5. The number of anilines is 1. The molecule has 0 unspecified atom stereocenters. The van der Waals surface area contributed by atoms with Crippen LogP contribution >= 0.6 is 11.6 Å². The van der Waals surface area contributed by atoms with Crippen molar-refractivity contribution in [3.8, 4) is 17.1 Å². The molecule has 0 fully saturated rings. The summed E-state index contributed by atoms with van der Waals surface area (Å²) in [6.45, 7) is 1.84.